The summed E-state index contributed by atoms with van der Waals surface area (Å²) in [6.45, 7) is 13.8. The Bertz CT molecular complexity index is 469. The van der Waals surface area contributed by atoms with E-state index in [2.05, 4.69) is 78.0 Å². The molecule has 0 fully saturated rings. The molecule has 19 heavy (non-hydrogen) atoms. The van der Waals surface area contributed by atoms with E-state index in [1.807, 2.05) is 0 Å². The maximum absolute atomic E-state index is 2.34. The zero-order chi connectivity index (χ0) is 14.3. The molecule has 0 aromatic carbocycles. The van der Waals surface area contributed by atoms with Crippen molar-refractivity contribution in [3.63, 3.8) is 0 Å². The van der Waals surface area contributed by atoms with Crippen molar-refractivity contribution in [2.75, 3.05) is 0 Å². The van der Waals surface area contributed by atoms with Gasteiger partial charge in [-0.05, 0) is 39.5 Å². The van der Waals surface area contributed by atoms with Crippen molar-refractivity contribution in [2.45, 2.75) is 48.0 Å². The van der Waals surface area contributed by atoms with Crippen molar-refractivity contribution in [3.8, 4) is 0 Å². The Morgan fingerprint density at radius 1 is 0.632 bits per heavy atom. The lowest BCUT2D eigenvalue weighted by molar-refractivity contribution is 0.506. The first kappa shape index (κ1) is 14.1. The molecule has 0 heteroatoms. The highest BCUT2D eigenvalue weighted by Gasteiger charge is 2.27. The van der Waals surface area contributed by atoms with Crippen LogP contribution < -0.4 is 0 Å². The molecule has 0 spiro atoms. The first-order valence-corrected chi connectivity index (χ1v) is 7.20. The van der Waals surface area contributed by atoms with Crippen molar-refractivity contribution in [1.82, 2.24) is 0 Å². The Labute approximate surface area is 118 Å². The Hall–Kier alpha value is -1.30. The average Bonchev–Trinajstić information content (AvgIpc) is 2.57. The van der Waals surface area contributed by atoms with E-state index in [0.717, 1.165) is 6.42 Å². The van der Waals surface area contributed by atoms with E-state index in [9.17, 15) is 0 Å². The zero-order valence-corrected chi connectivity index (χ0v) is 13.2. The van der Waals surface area contributed by atoms with Crippen LogP contribution in [0.4, 0.5) is 0 Å². The largest absolute Gasteiger partial charge is 0.0620 e. The standard InChI is InChI=1S/C19H26/c1-18(2,3)16-11-12-17(19(4,5)6)15-10-8-7-9-14(16)13-15/h7-12H,13H2,1-6H3. The molecule has 2 aliphatic rings. The van der Waals surface area contributed by atoms with Crippen LogP contribution in [-0.2, 0) is 0 Å². The molecule has 0 aromatic rings. The van der Waals surface area contributed by atoms with E-state index in [1.54, 1.807) is 0 Å². The van der Waals surface area contributed by atoms with Gasteiger partial charge in [-0.1, -0.05) is 78.0 Å². The Morgan fingerprint density at radius 2 is 1.00 bits per heavy atom. The molecular weight excluding hydrogens is 228 g/mol. The molecule has 0 heterocycles. The van der Waals surface area contributed by atoms with Crippen molar-refractivity contribution < 1.29 is 0 Å². The molecule has 0 aromatic heterocycles. The molecule has 0 amide bonds. The molecule has 0 nitrogen and oxygen atoms in total. The van der Waals surface area contributed by atoms with Crippen molar-refractivity contribution >= 4 is 0 Å². The van der Waals surface area contributed by atoms with Crippen LogP contribution >= 0.6 is 0 Å². The van der Waals surface area contributed by atoms with Crippen LogP contribution in [0.25, 0.3) is 0 Å². The van der Waals surface area contributed by atoms with Crippen LogP contribution in [0.15, 0.2) is 58.7 Å². The quantitative estimate of drug-likeness (QED) is 0.515. The third-order valence-electron chi connectivity index (χ3n) is 3.81. The summed E-state index contributed by atoms with van der Waals surface area (Å²) in [6.07, 6.45) is 14.6. The van der Waals surface area contributed by atoms with Gasteiger partial charge in [0.05, 0.1) is 0 Å². The van der Waals surface area contributed by atoms with Gasteiger partial charge in [0.15, 0.2) is 0 Å². The second kappa shape index (κ2) is 4.67. The third kappa shape index (κ3) is 3.00. The summed E-state index contributed by atoms with van der Waals surface area (Å²) in [5, 5.41) is 0. The summed E-state index contributed by atoms with van der Waals surface area (Å²) < 4.78 is 0. The summed E-state index contributed by atoms with van der Waals surface area (Å²) >= 11 is 0. The van der Waals surface area contributed by atoms with Gasteiger partial charge in [-0.2, -0.15) is 0 Å². The van der Waals surface area contributed by atoms with E-state index in [-0.39, 0.29) is 10.8 Å². The molecule has 0 saturated carbocycles. The molecular formula is C19H26. The topological polar surface area (TPSA) is 0 Å². The lowest BCUT2D eigenvalue weighted by Crippen LogP contribution is -2.12. The minimum Gasteiger partial charge on any atom is -0.0620 e. The average molecular weight is 254 g/mol. The van der Waals surface area contributed by atoms with E-state index >= 15 is 0 Å². The van der Waals surface area contributed by atoms with Crippen LogP contribution in [0.5, 0.6) is 0 Å². The van der Waals surface area contributed by atoms with E-state index in [4.69, 9.17) is 0 Å². The second-order valence-electron chi connectivity index (χ2n) is 7.61. The van der Waals surface area contributed by atoms with Gasteiger partial charge in [0.25, 0.3) is 0 Å². The van der Waals surface area contributed by atoms with Crippen LogP contribution in [0.3, 0.4) is 0 Å². The van der Waals surface area contributed by atoms with Gasteiger partial charge in [-0.15, -0.1) is 0 Å². The van der Waals surface area contributed by atoms with Gasteiger partial charge in [-0.3, -0.25) is 0 Å². The molecule has 0 aliphatic heterocycles. The molecule has 2 aliphatic carbocycles. The fraction of sp³-hybridized carbons (Fsp3) is 0.474. The lowest BCUT2D eigenvalue weighted by atomic mass is 9.78. The zero-order valence-electron chi connectivity index (χ0n) is 13.2. The van der Waals surface area contributed by atoms with E-state index < -0.39 is 0 Å². The first-order valence-electron chi connectivity index (χ1n) is 7.20. The van der Waals surface area contributed by atoms with Crippen LogP contribution in [0, 0.1) is 10.8 Å². The van der Waals surface area contributed by atoms with Crippen molar-refractivity contribution in [3.05, 3.63) is 58.7 Å². The molecule has 0 unspecified atom stereocenters. The normalized spacial score (nSPS) is 19.9. The van der Waals surface area contributed by atoms with Gasteiger partial charge in [0.2, 0.25) is 0 Å². The SMILES string of the molecule is CC(C)(C)C1=CC=C(C(C)(C)C)C2=CC=CC=C1C2. The summed E-state index contributed by atoms with van der Waals surface area (Å²) in [4.78, 5) is 0. The molecule has 0 radical (unpaired) electrons. The van der Waals surface area contributed by atoms with Gasteiger partial charge in [0.1, 0.15) is 0 Å². The maximum Gasteiger partial charge on any atom is -0.00199 e. The number of rotatable bonds is 0. The third-order valence-corrected chi connectivity index (χ3v) is 3.81. The molecule has 0 N–H and O–H groups in total. The van der Waals surface area contributed by atoms with E-state index in [1.165, 1.54) is 22.3 Å². The highest BCUT2D eigenvalue weighted by Crippen LogP contribution is 2.42. The second-order valence-corrected chi connectivity index (χ2v) is 7.61. The summed E-state index contributed by atoms with van der Waals surface area (Å²) in [6, 6.07) is 0. The smallest absolute Gasteiger partial charge is 0.00199 e. The maximum atomic E-state index is 2.34. The van der Waals surface area contributed by atoms with Crippen LogP contribution in [0.1, 0.15) is 48.0 Å². The van der Waals surface area contributed by atoms with Crippen LogP contribution in [-0.4, -0.2) is 0 Å². The predicted octanol–water partition coefficient (Wildman–Crippen LogP) is 5.76. The monoisotopic (exact) mass is 254 g/mol. The van der Waals surface area contributed by atoms with Gasteiger partial charge in [-0.25, -0.2) is 0 Å². The number of fused-ring (bicyclic) bond motifs is 2. The summed E-state index contributed by atoms with van der Waals surface area (Å²) in [7, 11) is 0. The molecule has 0 saturated heterocycles. The fourth-order valence-electron chi connectivity index (χ4n) is 2.88. The van der Waals surface area contributed by atoms with Crippen LogP contribution in [0.2, 0.25) is 0 Å². The van der Waals surface area contributed by atoms with E-state index in [0.29, 0.717) is 0 Å². The lowest BCUT2D eigenvalue weighted by Gasteiger charge is -2.26. The summed E-state index contributed by atoms with van der Waals surface area (Å²) in [5.74, 6) is 0. The molecule has 0 atom stereocenters. The highest BCUT2D eigenvalue weighted by molar-refractivity contribution is 5.54. The number of hydrogen-bond donors (Lipinski definition) is 0. The fourth-order valence-corrected chi connectivity index (χ4v) is 2.88. The minimum absolute atomic E-state index is 0.193. The predicted molar refractivity (Wildman–Crippen MR) is 85.0 cm³/mol. The van der Waals surface area contributed by atoms with Crippen molar-refractivity contribution in [2.24, 2.45) is 10.8 Å². The Balaban J connectivity index is 2.59. The first-order chi connectivity index (χ1) is 8.69. The minimum atomic E-state index is 0.193. The Morgan fingerprint density at radius 3 is 1.32 bits per heavy atom. The summed E-state index contributed by atoms with van der Waals surface area (Å²) in [5.41, 5.74) is 6.23. The van der Waals surface area contributed by atoms with Gasteiger partial charge >= 0.3 is 0 Å². The Kier molecular flexibility index (Phi) is 3.47. The van der Waals surface area contributed by atoms with Crippen molar-refractivity contribution in [1.29, 1.82) is 0 Å². The highest BCUT2D eigenvalue weighted by atomic mass is 14.3. The van der Waals surface area contributed by atoms with Gasteiger partial charge in [0, 0.05) is 0 Å². The van der Waals surface area contributed by atoms with Gasteiger partial charge < -0.3 is 0 Å². The number of allylic oxidation sites excluding steroid dienone is 10. The molecule has 2 bridgehead atoms. The molecule has 2 rings (SSSR count). The molecule has 102 valence electrons. The number of hydrogen-bond acceptors (Lipinski definition) is 0.